The van der Waals surface area contributed by atoms with Gasteiger partial charge in [-0.05, 0) is 47.9 Å². The molecule has 0 aliphatic rings. The van der Waals surface area contributed by atoms with Crippen LogP contribution >= 0.6 is 0 Å². The van der Waals surface area contributed by atoms with Crippen LogP contribution in [0.15, 0.2) is 83.8 Å². The van der Waals surface area contributed by atoms with E-state index >= 15 is 0 Å². The van der Waals surface area contributed by atoms with Crippen LogP contribution in [-0.4, -0.2) is 33.6 Å². The van der Waals surface area contributed by atoms with Gasteiger partial charge in [-0.2, -0.15) is 18.3 Å². The summed E-state index contributed by atoms with van der Waals surface area (Å²) < 4.78 is 59.0. The van der Waals surface area contributed by atoms with Crippen molar-refractivity contribution < 1.29 is 27.4 Å². The van der Waals surface area contributed by atoms with Crippen LogP contribution in [0.4, 0.5) is 13.2 Å². The Morgan fingerprint density at radius 3 is 2.29 bits per heavy atom. The molecule has 11 heteroatoms. The highest BCUT2D eigenvalue weighted by Crippen LogP contribution is 2.31. The first-order chi connectivity index (χ1) is 20.2. The summed E-state index contributed by atoms with van der Waals surface area (Å²) in [5.74, 6) is 1.53. The van der Waals surface area contributed by atoms with Crippen molar-refractivity contribution in [2.24, 2.45) is 0 Å². The van der Waals surface area contributed by atoms with Crippen molar-refractivity contribution in [1.82, 2.24) is 19.3 Å². The molecule has 0 aliphatic heterocycles. The molecule has 0 N–H and O–H groups in total. The van der Waals surface area contributed by atoms with Crippen molar-refractivity contribution in [2.45, 2.75) is 38.9 Å². The fraction of sp³-hybridized carbons (Fsp3) is 0.258. The van der Waals surface area contributed by atoms with Crippen molar-refractivity contribution in [3.8, 4) is 11.5 Å². The molecule has 8 nitrogen and oxygen atoms in total. The molecule has 0 saturated heterocycles. The third-order valence-electron chi connectivity index (χ3n) is 7.02. The molecule has 1 unspecified atom stereocenters. The van der Waals surface area contributed by atoms with Gasteiger partial charge in [0.05, 0.1) is 38.6 Å². The third kappa shape index (κ3) is 6.01. The molecule has 0 fully saturated rings. The summed E-state index contributed by atoms with van der Waals surface area (Å²) in [5, 5.41) is 4.68. The molecular weight excluding hydrogens is 549 g/mol. The van der Waals surface area contributed by atoms with Gasteiger partial charge in [-0.3, -0.25) is 9.36 Å². The molecule has 0 saturated carbocycles. The van der Waals surface area contributed by atoms with E-state index in [-0.39, 0.29) is 24.1 Å². The van der Waals surface area contributed by atoms with Crippen molar-refractivity contribution in [3.05, 3.63) is 117 Å². The summed E-state index contributed by atoms with van der Waals surface area (Å²) in [6.07, 6.45) is -2.74. The Labute approximate surface area is 239 Å². The van der Waals surface area contributed by atoms with Gasteiger partial charge >= 0.3 is 6.18 Å². The number of aromatic nitrogens is 4. The minimum Gasteiger partial charge on any atom is -0.493 e. The SMILES string of the molecule is COc1ccc(Cc2nc3c(cnn3C(C)c3ccc(C(F)(F)F)cc3)c(=O)n2COCc2ccccc2)cc1OC. The van der Waals surface area contributed by atoms with E-state index in [1.165, 1.54) is 22.9 Å². The summed E-state index contributed by atoms with van der Waals surface area (Å²) in [4.78, 5) is 18.6. The average Bonchev–Trinajstić information content (AvgIpc) is 3.42. The maximum Gasteiger partial charge on any atom is 0.416 e. The number of fused-ring (bicyclic) bond motifs is 1. The number of methoxy groups -OCH3 is 2. The van der Waals surface area contributed by atoms with E-state index in [0.717, 1.165) is 23.3 Å². The normalized spacial score (nSPS) is 12.4. The van der Waals surface area contributed by atoms with Crippen molar-refractivity contribution in [3.63, 3.8) is 0 Å². The molecule has 0 amide bonds. The molecule has 218 valence electrons. The summed E-state index contributed by atoms with van der Waals surface area (Å²) in [6.45, 7) is 2.05. The van der Waals surface area contributed by atoms with Gasteiger partial charge in [0.15, 0.2) is 17.1 Å². The van der Waals surface area contributed by atoms with Crippen LogP contribution in [-0.2, 0) is 30.7 Å². The lowest BCUT2D eigenvalue weighted by Crippen LogP contribution is -2.27. The van der Waals surface area contributed by atoms with E-state index in [0.29, 0.717) is 35.1 Å². The number of rotatable bonds is 10. The number of hydrogen-bond acceptors (Lipinski definition) is 6. The molecule has 42 heavy (non-hydrogen) atoms. The van der Waals surface area contributed by atoms with E-state index in [4.69, 9.17) is 19.2 Å². The molecule has 5 aromatic rings. The van der Waals surface area contributed by atoms with Gasteiger partial charge < -0.3 is 14.2 Å². The lowest BCUT2D eigenvalue weighted by molar-refractivity contribution is -0.137. The van der Waals surface area contributed by atoms with Gasteiger partial charge in [0.1, 0.15) is 17.9 Å². The van der Waals surface area contributed by atoms with E-state index in [9.17, 15) is 18.0 Å². The topological polar surface area (TPSA) is 80.4 Å². The van der Waals surface area contributed by atoms with Gasteiger partial charge in [0.2, 0.25) is 0 Å². The largest absolute Gasteiger partial charge is 0.493 e. The molecule has 0 bridgehead atoms. The van der Waals surface area contributed by atoms with Gasteiger partial charge in [-0.25, -0.2) is 9.67 Å². The first-order valence-corrected chi connectivity index (χ1v) is 13.2. The van der Waals surface area contributed by atoms with E-state index in [2.05, 4.69) is 5.10 Å². The minimum absolute atomic E-state index is 0.0427. The number of halogens is 3. The first-order valence-electron chi connectivity index (χ1n) is 13.2. The van der Waals surface area contributed by atoms with Crippen LogP contribution < -0.4 is 15.0 Å². The van der Waals surface area contributed by atoms with Gasteiger partial charge in [0.25, 0.3) is 5.56 Å². The van der Waals surface area contributed by atoms with Crippen molar-refractivity contribution in [2.75, 3.05) is 14.2 Å². The quantitative estimate of drug-likeness (QED) is 0.202. The van der Waals surface area contributed by atoms with E-state index in [1.54, 1.807) is 31.9 Å². The molecule has 0 radical (unpaired) electrons. The standard InChI is InChI=1S/C31H29F3N4O4/c1-20(23-10-12-24(13-11-23)31(32,33)34)38-29-25(17-35-38)30(39)37(19-42-18-21-7-5-4-6-8-21)28(36-29)16-22-9-14-26(40-2)27(15-22)41-3/h4-15,17,20H,16,18-19H2,1-3H3. The van der Waals surface area contributed by atoms with Crippen LogP contribution in [0, 0.1) is 0 Å². The van der Waals surface area contributed by atoms with Crippen LogP contribution in [0.1, 0.15) is 41.0 Å². The average molecular weight is 579 g/mol. The number of benzene rings is 3. The summed E-state index contributed by atoms with van der Waals surface area (Å²) in [6, 6.07) is 19.4. The van der Waals surface area contributed by atoms with Gasteiger partial charge in [-0.1, -0.05) is 48.5 Å². The highest BCUT2D eigenvalue weighted by atomic mass is 19.4. The smallest absolute Gasteiger partial charge is 0.416 e. The van der Waals surface area contributed by atoms with Crippen LogP contribution in [0.25, 0.3) is 11.0 Å². The third-order valence-corrected chi connectivity index (χ3v) is 7.02. The highest BCUT2D eigenvalue weighted by molar-refractivity contribution is 5.73. The van der Waals surface area contributed by atoms with Crippen molar-refractivity contribution in [1.29, 1.82) is 0 Å². The number of alkyl halides is 3. The minimum atomic E-state index is -4.44. The predicted molar refractivity (Wildman–Crippen MR) is 151 cm³/mol. The molecule has 5 rings (SSSR count). The van der Waals surface area contributed by atoms with E-state index < -0.39 is 17.8 Å². The molecule has 1 atom stereocenters. The molecule has 0 spiro atoms. The fourth-order valence-corrected chi connectivity index (χ4v) is 4.71. The monoisotopic (exact) mass is 578 g/mol. The zero-order valence-corrected chi connectivity index (χ0v) is 23.3. The Hall–Kier alpha value is -4.64. The van der Waals surface area contributed by atoms with Crippen LogP contribution in [0.3, 0.4) is 0 Å². The number of nitrogens with zero attached hydrogens (tertiary/aromatic N) is 4. The second-order valence-electron chi connectivity index (χ2n) is 9.71. The van der Waals surface area contributed by atoms with Crippen LogP contribution in [0.5, 0.6) is 11.5 Å². The molecule has 2 aromatic heterocycles. The molecule has 2 heterocycles. The fourth-order valence-electron chi connectivity index (χ4n) is 4.71. The summed E-state index contributed by atoms with van der Waals surface area (Å²) in [7, 11) is 3.09. The summed E-state index contributed by atoms with van der Waals surface area (Å²) >= 11 is 0. The van der Waals surface area contributed by atoms with E-state index in [1.807, 2.05) is 42.5 Å². The molecule has 0 aliphatic carbocycles. The first kappa shape index (κ1) is 28.9. The maximum atomic E-state index is 13.8. The van der Waals surface area contributed by atoms with Crippen LogP contribution in [0.2, 0.25) is 0 Å². The Kier molecular flexibility index (Phi) is 8.30. The van der Waals surface area contributed by atoms with Crippen molar-refractivity contribution >= 4 is 11.0 Å². The molecular formula is C31H29F3N4O4. The Morgan fingerprint density at radius 1 is 0.905 bits per heavy atom. The number of ether oxygens (including phenoxy) is 3. The zero-order valence-electron chi connectivity index (χ0n) is 23.3. The molecule has 3 aromatic carbocycles. The second-order valence-corrected chi connectivity index (χ2v) is 9.71. The Balaban J connectivity index is 1.54. The van der Waals surface area contributed by atoms with Gasteiger partial charge in [0, 0.05) is 6.42 Å². The maximum absolute atomic E-state index is 13.8. The zero-order chi connectivity index (χ0) is 29.9. The summed E-state index contributed by atoms with van der Waals surface area (Å²) in [5.41, 5.74) is 1.61. The lowest BCUT2D eigenvalue weighted by atomic mass is 10.1. The van der Waals surface area contributed by atoms with Gasteiger partial charge in [-0.15, -0.1) is 0 Å². The Morgan fingerprint density at radius 2 is 1.62 bits per heavy atom. The second kappa shape index (κ2) is 12.1. The Bertz CT molecular complexity index is 1730. The number of hydrogen-bond donors (Lipinski definition) is 0. The lowest BCUT2D eigenvalue weighted by Gasteiger charge is -2.17. The predicted octanol–water partition coefficient (Wildman–Crippen LogP) is 6.00. The highest BCUT2D eigenvalue weighted by Gasteiger charge is 2.30.